The average Bonchev–Trinajstić information content (AvgIpc) is 2.48. The highest BCUT2D eigenvalue weighted by molar-refractivity contribution is 5.35. The van der Waals surface area contributed by atoms with Gasteiger partial charge in [-0.3, -0.25) is 0 Å². The lowest BCUT2D eigenvalue weighted by Gasteiger charge is -2.05. The zero-order valence-electron chi connectivity index (χ0n) is 6.15. The summed E-state index contributed by atoms with van der Waals surface area (Å²) in [6, 6.07) is 1.35. The Labute approximate surface area is 70.0 Å². The number of aromatic nitrogens is 4. The third-order valence-corrected chi connectivity index (χ3v) is 1.45. The summed E-state index contributed by atoms with van der Waals surface area (Å²) in [5.41, 5.74) is 0.127. The van der Waals surface area contributed by atoms with Crippen molar-refractivity contribution in [2.24, 2.45) is 0 Å². The number of hydrogen-bond donors (Lipinski definition) is 0. The normalized spacial score (nSPS) is 12.2. The molecule has 0 bridgehead atoms. The van der Waals surface area contributed by atoms with Crippen molar-refractivity contribution in [3.8, 4) is 0 Å². The molecule has 0 radical (unpaired) electrons. The molecular weight excluding hydrogens is 185 g/mol. The average molecular weight is 188 g/mol. The van der Waals surface area contributed by atoms with Crippen LogP contribution in [0.3, 0.4) is 0 Å². The van der Waals surface area contributed by atoms with Gasteiger partial charge in [-0.15, -0.1) is 0 Å². The number of hydrogen-bond acceptors (Lipinski definition) is 3. The third kappa shape index (κ3) is 1.21. The number of fused-ring (bicyclic) bond motifs is 1. The smallest absolute Gasteiger partial charge is 0.233 e. The highest BCUT2D eigenvalue weighted by Gasteiger charge is 2.36. The Balaban J connectivity index is 2.75. The molecule has 0 aromatic carbocycles. The highest BCUT2D eigenvalue weighted by Crippen LogP contribution is 2.26. The standard InChI is InChI=1S/C6H3F3N4/c7-6(8,9)5-10-2-1-4-11-3-12-13(4)5/h1-3H. The summed E-state index contributed by atoms with van der Waals surface area (Å²) in [4.78, 5) is 6.79. The van der Waals surface area contributed by atoms with Gasteiger partial charge in [0.15, 0.2) is 5.65 Å². The number of alkyl halides is 3. The van der Waals surface area contributed by atoms with Crippen molar-refractivity contribution in [2.75, 3.05) is 0 Å². The van der Waals surface area contributed by atoms with E-state index in [4.69, 9.17) is 0 Å². The van der Waals surface area contributed by atoms with Crippen LogP contribution in [-0.4, -0.2) is 19.6 Å². The Morgan fingerprint density at radius 1 is 1.23 bits per heavy atom. The Hall–Kier alpha value is -1.66. The fraction of sp³-hybridized carbons (Fsp3) is 0.167. The lowest BCUT2D eigenvalue weighted by Crippen LogP contribution is -2.14. The Morgan fingerprint density at radius 3 is 2.69 bits per heavy atom. The van der Waals surface area contributed by atoms with Crippen LogP contribution >= 0.6 is 0 Å². The first-order valence-electron chi connectivity index (χ1n) is 3.31. The summed E-state index contributed by atoms with van der Waals surface area (Å²) in [6.45, 7) is 0. The fourth-order valence-corrected chi connectivity index (χ4v) is 0.950. The molecule has 0 aliphatic carbocycles. The number of halogens is 3. The highest BCUT2D eigenvalue weighted by atomic mass is 19.4. The minimum Gasteiger partial charge on any atom is -0.233 e. The van der Waals surface area contributed by atoms with Gasteiger partial charge in [0.2, 0.25) is 5.82 Å². The molecule has 68 valence electrons. The van der Waals surface area contributed by atoms with E-state index in [1.807, 2.05) is 0 Å². The van der Waals surface area contributed by atoms with E-state index in [1.165, 1.54) is 6.07 Å². The minimum atomic E-state index is -4.51. The van der Waals surface area contributed by atoms with Crippen molar-refractivity contribution in [1.82, 2.24) is 19.6 Å². The van der Waals surface area contributed by atoms with E-state index < -0.39 is 12.0 Å². The van der Waals surface area contributed by atoms with Crippen molar-refractivity contribution < 1.29 is 13.2 Å². The minimum absolute atomic E-state index is 0.127. The summed E-state index contributed by atoms with van der Waals surface area (Å²) in [5, 5.41) is 3.41. The maximum absolute atomic E-state index is 12.2. The number of rotatable bonds is 0. The molecule has 0 N–H and O–H groups in total. The van der Waals surface area contributed by atoms with Crippen molar-refractivity contribution >= 4 is 5.65 Å². The quantitative estimate of drug-likeness (QED) is 0.622. The fourth-order valence-electron chi connectivity index (χ4n) is 0.950. The molecule has 0 spiro atoms. The zero-order valence-corrected chi connectivity index (χ0v) is 6.15. The monoisotopic (exact) mass is 188 g/mol. The van der Waals surface area contributed by atoms with E-state index in [9.17, 15) is 13.2 Å². The zero-order chi connectivity index (χ0) is 9.47. The van der Waals surface area contributed by atoms with Crippen LogP contribution in [0.5, 0.6) is 0 Å². The molecule has 0 atom stereocenters. The Morgan fingerprint density at radius 2 is 2.00 bits per heavy atom. The molecule has 0 saturated heterocycles. The molecule has 7 heteroatoms. The Kier molecular flexibility index (Phi) is 1.48. The van der Waals surface area contributed by atoms with Crippen LogP contribution in [0.25, 0.3) is 5.65 Å². The number of nitrogens with zero attached hydrogens (tertiary/aromatic N) is 4. The van der Waals surface area contributed by atoms with E-state index in [2.05, 4.69) is 15.1 Å². The van der Waals surface area contributed by atoms with Crippen molar-refractivity contribution in [2.45, 2.75) is 6.18 Å². The first kappa shape index (κ1) is 7.96. The van der Waals surface area contributed by atoms with Gasteiger partial charge in [-0.2, -0.15) is 22.8 Å². The summed E-state index contributed by atoms with van der Waals surface area (Å²) >= 11 is 0. The molecule has 2 heterocycles. The Bertz CT molecular complexity index is 433. The van der Waals surface area contributed by atoms with Gasteiger partial charge in [-0.05, 0) is 0 Å². The molecule has 2 rings (SSSR count). The molecule has 2 aromatic rings. The van der Waals surface area contributed by atoms with Crippen LogP contribution in [0, 0.1) is 0 Å². The van der Waals surface area contributed by atoms with Gasteiger partial charge in [0.05, 0.1) is 0 Å². The molecule has 13 heavy (non-hydrogen) atoms. The van der Waals surface area contributed by atoms with Crippen molar-refractivity contribution in [3.05, 3.63) is 24.4 Å². The van der Waals surface area contributed by atoms with Gasteiger partial charge < -0.3 is 0 Å². The van der Waals surface area contributed by atoms with Gasteiger partial charge in [0.1, 0.15) is 6.33 Å². The van der Waals surface area contributed by atoms with Gasteiger partial charge in [-0.1, -0.05) is 0 Å². The first-order chi connectivity index (χ1) is 6.09. The summed E-state index contributed by atoms with van der Waals surface area (Å²) in [7, 11) is 0. The second kappa shape index (κ2) is 2.41. The van der Waals surface area contributed by atoms with E-state index >= 15 is 0 Å². The summed E-state index contributed by atoms with van der Waals surface area (Å²) < 4.78 is 37.4. The molecule has 0 saturated carbocycles. The van der Waals surface area contributed by atoms with Crippen LogP contribution in [0.1, 0.15) is 5.82 Å². The molecule has 4 nitrogen and oxygen atoms in total. The maximum Gasteiger partial charge on any atom is 0.451 e. The lowest BCUT2D eigenvalue weighted by molar-refractivity contribution is -0.146. The second-order valence-electron chi connectivity index (χ2n) is 2.30. The summed E-state index contributed by atoms with van der Waals surface area (Å²) in [5.74, 6) is -1.07. The van der Waals surface area contributed by atoms with E-state index in [0.717, 1.165) is 12.5 Å². The SMILES string of the molecule is FC(F)(F)c1nccc2ncnn12. The second-order valence-corrected chi connectivity index (χ2v) is 2.30. The van der Waals surface area contributed by atoms with Crippen LogP contribution in [0.15, 0.2) is 18.6 Å². The summed E-state index contributed by atoms with van der Waals surface area (Å²) in [6.07, 6.45) is -2.41. The lowest BCUT2D eigenvalue weighted by atomic mass is 10.5. The van der Waals surface area contributed by atoms with Crippen molar-refractivity contribution in [1.29, 1.82) is 0 Å². The topological polar surface area (TPSA) is 43.1 Å². The van der Waals surface area contributed by atoms with Crippen LogP contribution in [0.4, 0.5) is 13.2 Å². The first-order valence-corrected chi connectivity index (χ1v) is 3.31. The predicted octanol–water partition coefficient (Wildman–Crippen LogP) is 1.14. The molecule has 0 fully saturated rings. The van der Waals surface area contributed by atoms with E-state index in [0.29, 0.717) is 4.52 Å². The van der Waals surface area contributed by atoms with Crippen LogP contribution in [0.2, 0.25) is 0 Å². The van der Waals surface area contributed by atoms with Crippen LogP contribution < -0.4 is 0 Å². The van der Waals surface area contributed by atoms with Crippen molar-refractivity contribution in [3.63, 3.8) is 0 Å². The third-order valence-electron chi connectivity index (χ3n) is 1.45. The van der Waals surface area contributed by atoms with Crippen LogP contribution in [-0.2, 0) is 6.18 Å². The van der Waals surface area contributed by atoms with E-state index in [-0.39, 0.29) is 5.65 Å². The molecule has 2 aromatic heterocycles. The van der Waals surface area contributed by atoms with Gasteiger partial charge in [0, 0.05) is 12.3 Å². The molecular formula is C6H3F3N4. The van der Waals surface area contributed by atoms with Gasteiger partial charge >= 0.3 is 6.18 Å². The molecule has 0 aliphatic heterocycles. The van der Waals surface area contributed by atoms with E-state index in [1.54, 1.807) is 0 Å². The van der Waals surface area contributed by atoms with Gasteiger partial charge in [-0.25, -0.2) is 9.97 Å². The molecule has 0 amide bonds. The predicted molar refractivity (Wildman–Crippen MR) is 35.8 cm³/mol. The largest absolute Gasteiger partial charge is 0.451 e. The molecule has 0 aliphatic rings. The maximum atomic E-state index is 12.2. The van der Waals surface area contributed by atoms with Gasteiger partial charge in [0.25, 0.3) is 0 Å². The molecule has 0 unspecified atom stereocenters.